The van der Waals surface area contributed by atoms with Gasteiger partial charge in [0.1, 0.15) is 9.88 Å². The summed E-state index contributed by atoms with van der Waals surface area (Å²) in [4.78, 5) is 23.2. The smallest absolute Gasteiger partial charge is 0.263 e. The number of hydrogen-bond acceptors (Lipinski definition) is 5. The number of aromatic nitrogens is 2. The van der Waals surface area contributed by atoms with Crippen LogP contribution >= 0.6 is 11.3 Å². The van der Waals surface area contributed by atoms with Gasteiger partial charge in [-0.05, 0) is 44.0 Å². The molecule has 3 aliphatic rings. The highest BCUT2D eigenvalue weighted by atomic mass is 32.1. The Morgan fingerprint density at radius 3 is 2.87 bits per heavy atom. The molecule has 1 amide bonds. The van der Waals surface area contributed by atoms with Gasteiger partial charge in [-0.15, -0.1) is 11.3 Å². The second-order valence-electron chi connectivity index (χ2n) is 6.09. The standard InChI is InChI=1S/C16H17FN4OS/c17-14-11(2-1-5-18-14)16-19-8-13(23-16)15(22)20-12-9-21-6-3-10(12)4-7-21/h1-2,5,8,10,12H,3-4,6-7,9H2,(H,20,22). The summed E-state index contributed by atoms with van der Waals surface area (Å²) < 4.78 is 13.7. The number of hydrogen-bond donors (Lipinski definition) is 1. The van der Waals surface area contributed by atoms with Gasteiger partial charge >= 0.3 is 0 Å². The first-order valence-corrected chi connectivity index (χ1v) is 8.62. The van der Waals surface area contributed by atoms with Crippen LogP contribution in [0.2, 0.25) is 0 Å². The molecule has 0 spiro atoms. The molecule has 3 fully saturated rings. The molecule has 5 rings (SSSR count). The maximum absolute atomic E-state index is 13.7. The molecule has 3 aliphatic heterocycles. The molecule has 23 heavy (non-hydrogen) atoms. The van der Waals surface area contributed by atoms with Gasteiger partial charge < -0.3 is 10.2 Å². The molecular weight excluding hydrogens is 315 g/mol. The van der Waals surface area contributed by atoms with Crippen LogP contribution in [-0.4, -0.2) is 46.5 Å². The van der Waals surface area contributed by atoms with E-state index in [4.69, 9.17) is 0 Å². The Morgan fingerprint density at radius 1 is 1.35 bits per heavy atom. The minimum Gasteiger partial charge on any atom is -0.347 e. The average molecular weight is 332 g/mol. The predicted molar refractivity (Wildman–Crippen MR) is 85.7 cm³/mol. The Labute approximate surface area is 137 Å². The van der Waals surface area contributed by atoms with Crippen LogP contribution in [0, 0.1) is 11.9 Å². The number of rotatable bonds is 3. The average Bonchev–Trinajstić information content (AvgIpc) is 3.06. The number of carbonyl (C=O) groups excluding carboxylic acids is 1. The molecule has 7 heteroatoms. The lowest BCUT2D eigenvalue weighted by Crippen LogP contribution is -2.57. The zero-order valence-electron chi connectivity index (χ0n) is 12.5. The van der Waals surface area contributed by atoms with Gasteiger partial charge in [-0.2, -0.15) is 4.39 Å². The SMILES string of the molecule is O=C(NC1CN2CCC1CC2)c1cnc(-c2cccnc2F)s1. The van der Waals surface area contributed by atoms with Crippen molar-refractivity contribution in [3.63, 3.8) is 0 Å². The number of amides is 1. The molecule has 1 N–H and O–H groups in total. The molecule has 2 bridgehead atoms. The molecule has 0 radical (unpaired) electrons. The monoisotopic (exact) mass is 332 g/mol. The lowest BCUT2D eigenvalue weighted by atomic mass is 9.84. The van der Waals surface area contributed by atoms with Crippen molar-refractivity contribution in [2.24, 2.45) is 5.92 Å². The summed E-state index contributed by atoms with van der Waals surface area (Å²) in [6.07, 6.45) is 5.22. The summed E-state index contributed by atoms with van der Waals surface area (Å²) in [6, 6.07) is 3.49. The Bertz CT molecular complexity index is 726. The number of piperidine rings is 3. The predicted octanol–water partition coefficient (Wildman–Crippen LogP) is 2.17. The third kappa shape index (κ3) is 2.86. The summed E-state index contributed by atoms with van der Waals surface area (Å²) >= 11 is 1.20. The van der Waals surface area contributed by atoms with Crippen molar-refractivity contribution in [3.05, 3.63) is 35.4 Å². The fourth-order valence-corrected chi connectivity index (χ4v) is 4.25. The van der Waals surface area contributed by atoms with Crippen molar-refractivity contribution in [2.45, 2.75) is 18.9 Å². The number of nitrogens with zero attached hydrogens (tertiary/aromatic N) is 3. The zero-order valence-corrected chi connectivity index (χ0v) is 13.4. The van der Waals surface area contributed by atoms with E-state index in [0.717, 1.165) is 32.5 Å². The fourth-order valence-electron chi connectivity index (χ4n) is 3.42. The minimum absolute atomic E-state index is 0.114. The van der Waals surface area contributed by atoms with Crippen molar-refractivity contribution in [2.75, 3.05) is 19.6 Å². The van der Waals surface area contributed by atoms with Gasteiger partial charge in [0, 0.05) is 18.8 Å². The second kappa shape index (κ2) is 5.98. The molecule has 1 atom stereocenters. The summed E-state index contributed by atoms with van der Waals surface area (Å²) in [7, 11) is 0. The fraction of sp³-hybridized carbons (Fsp3) is 0.438. The van der Waals surface area contributed by atoms with Crippen molar-refractivity contribution >= 4 is 17.2 Å². The van der Waals surface area contributed by atoms with E-state index in [1.807, 2.05) is 0 Å². The molecule has 0 aromatic carbocycles. The number of nitrogens with one attached hydrogen (secondary N) is 1. The molecule has 0 aliphatic carbocycles. The van der Waals surface area contributed by atoms with E-state index in [2.05, 4.69) is 20.2 Å². The van der Waals surface area contributed by atoms with E-state index in [9.17, 15) is 9.18 Å². The van der Waals surface area contributed by atoms with E-state index < -0.39 is 5.95 Å². The maximum atomic E-state index is 13.7. The normalized spacial score (nSPS) is 26.2. The highest BCUT2D eigenvalue weighted by molar-refractivity contribution is 7.16. The molecule has 3 saturated heterocycles. The van der Waals surface area contributed by atoms with Crippen LogP contribution in [0.5, 0.6) is 0 Å². The maximum Gasteiger partial charge on any atom is 0.263 e. The summed E-state index contributed by atoms with van der Waals surface area (Å²) in [5, 5.41) is 3.61. The minimum atomic E-state index is -0.564. The van der Waals surface area contributed by atoms with Crippen molar-refractivity contribution in [1.82, 2.24) is 20.2 Å². The molecule has 0 saturated carbocycles. The van der Waals surface area contributed by atoms with Crippen LogP contribution in [-0.2, 0) is 0 Å². The number of carbonyl (C=O) groups is 1. The summed E-state index contributed by atoms with van der Waals surface area (Å²) in [6.45, 7) is 3.21. The van der Waals surface area contributed by atoms with Crippen LogP contribution in [0.25, 0.3) is 10.6 Å². The van der Waals surface area contributed by atoms with E-state index in [-0.39, 0.29) is 11.9 Å². The summed E-state index contributed by atoms with van der Waals surface area (Å²) in [5.74, 6) is -0.102. The quantitative estimate of drug-likeness (QED) is 0.875. The van der Waals surface area contributed by atoms with Gasteiger partial charge in [0.15, 0.2) is 0 Å². The van der Waals surface area contributed by atoms with Crippen molar-refractivity contribution in [1.29, 1.82) is 0 Å². The molecule has 5 nitrogen and oxygen atoms in total. The van der Waals surface area contributed by atoms with Crippen LogP contribution in [0.3, 0.4) is 0 Å². The van der Waals surface area contributed by atoms with Crippen LogP contribution in [0.15, 0.2) is 24.5 Å². The van der Waals surface area contributed by atoms with E-state index in [1.54, 1.807) is 12.1 Å². The molecule has 5 heterocycles. The van der Waals surface area contributed by atoms with Crippen LogP contribution in [0.4, 0.5) is 4.39 Å². The van der Waals surface area contributed by atoms with Crippen LogP contribution in [0.1, 0.15) is 22.5 Å². The van der Waals surface area contributed by atoms with Crippen LogP contribution < -0.4 is 5.32 Å². The van der Waals surface area contributed by atoms with E-state index in [0.29, 0.717) is 21.4 Å². The third-order valence-electron chi connectivity index (χ3n) is 4.69. The highest BCUT2D eigenvalue weighted by Gasteiger charge is 2.35. The van der Waals surface area contributed by atoms with Gasteiger partial charge in [-0.3, -0.25) is 4.79 Å². The second-order valence-corrected chi connectivity index (χ2v) is 7.12. The number of thiazole rings is 1. The first-order valence-electron chi connectivity index (χ1n) is 7.80. The Morgan fingerprint density at radius 2 is 2.17 bits per heavy atom. The topological polar surface area (TPSA) is 58.1 Å². The third-order valence-corrected chi connectivity index (χ3v) is 5.72. The van der Waals surface area contributed by atoms with Crippen molar-refractivity contribution < 1.29 is 9.18 Å². The Hall–Kier alpha value is -1.86. The molecule has 2 aromatic rings. The Kier molecular flexibility index (Phi) is 3.82. The zero-order chi connectivity index (χ0) is 15.8. The first-order chi connectivity index (χ1) is 11.2. The summed E-state index contributed by atoms with van der Waals surface area (Å²) in [5.41, 5.74) is 0.333. The highest BCUT2D eigenvalue weighted by Crippen LogP contribution is 2.29. The van der Waals surface area contributed by atoms with E-state index in [1.165, 1.54) is 23.7 Å². The van der Waals surface area contributed by atoms with Gasteiger partial charge in [-0.25, -0.2) is 9.97 Å². The molecular formula is C16H17FN4OS. The first kappa shape index (κ1) is 14.7. The molecule has 1 unspecified atom stereocenters. The van der Waals surface area contributed by atoms with E-state index >= 15 is 0 Å². The van der Waals surface area contributed by atoms with Gasteiger partial charge in [0.25, 0.3) is 5.91 Å². The van der Waals surface area contributed by atoms with Gasteiger partial charge in [-0.1, -0.05) is 0 Å². The lowest BCUT2D eigenvalue weighted by Gasteiger charge is -2.44. The largest absolute Gasteiger partial charge is 0.347 e. The lowest BCUT2D eigenvalue weighted by molar-refractivity contribution is 0.0622. The van der Waals surface area contributed by atoms with Gasteiger partial charge in [0.2, 0.25) is 5.95 Å². The molecule has 2 aromatic heterocycles. The van der Waals surface area contributed by atoms with Crippen molar-refractivity contribution in [3.8, 4) is 10.6 Å². The Balaban J connectivity index is 1.48. The number of fused-ring (bicyclic) bond motifs is 3. The number of pyridine rings is 1. The molecule has 120 valence electrons. The number of halogens is 1. The van der Waals surface area contributed by atoms with Gasteiger partial charge in [0.05, 0.1) is 11.8 Å².